The first-order valence-electron chi connectivity index (χ1n) is 3.82. The quantitative estimate of drug-likeness (QED) is 0.369. The van der Waals surface area contributed by atoms with Gasteiger partial charge in [-0.15, -0.1) is 11.6 Å². The number of hydrogen-bond acceptors (Lipinski definition) is 0. The van der Waals surface area contributed by atoms with Gasteiger partial charge in [0.05, 0.1) is 0 Å². The van der Waals surface area contributed by atoms with Crippen LogP contribution in [0.2, 0.25) is 19.1 Å². The van der Waals surface area contributed by atoms with Crippen molar-refractivity contribution in [2.24, 2.45) is 5.92 Å². The molecule has 3 heteroatoms. The summed E-state index contributed by atoms with van der Waals surface area (Å²) in [4.78, 5) is 0. The van der Waals surface area contributed by atoms with Crippen molar-refractivity contribution in [3.8, 4) is 0 Å². The highest BCUT2D eigenvalue weighted by molar-refractivity contribution is 7.19. The Morgan fingerprint density at radius 3 is 2.30 bits per heavy atom. The van der Waals surface area contributed by atoms with Gasteiger partial charge >= 0.3 is 0 Å². The molecular weight excluding hydrogens is 183 g/mol. The highest BCUT2D eigenvalue weighted by Gasteiger charge is 2.35. The van der Waals surface area contributed by atoms with Gasteiger partial charge in [-0.05, 0) is 18.4 Å². The maximum Gasteiger partial charge on any atom is 0.150 e. The molecule has 1 fully saturated rings. The molecule has 0 aliphatic heterocycles. The van der Waals surface area contributed by atoms with Gasteiger partial charge in [0.2, 0.25) is 0 Å². The second kappa shape index (κ2) is 3.04. The molecular formula is C7H14Cl2Si. The molecule has 0 radical (unpaired) electrons. The van der Waals surface area contributed by atoms with E-state index in [1.807, 2.05) is 0 Å². The minimum absolute atomic E-state index is 0.480. The first kappa shape index (κ1) is 8.89. The Morgan fingerprint density at radius 1 is 1.50 bits per heavy atom. The van der Waals surface area contributed by atoms with Crippen molar-refractivity contribution in [2.75, 3.05) is 0 Å². The topological polar surface area (TPSA) is 0 Å². The average Bonchev–Trinajstić information content (AvgIpc) is 2.40. The second-order valence-corrected chi connectivity index (χ2v) is 11.3. The smallest absolute Gasteiger partial charge is 0.150 e. The van der Waals surface area contributed by atoms with E-state index in [4.69, 9.17) is 22.7 Å². The van der Waals surface area contributed by atoms with Gasteiger partial charge < -0.3 is 0 Å². The number of halogens is 2. The molecule has 10 heavy (non-hydrogen) atoms. The van der Waals surface area contributed by atoms with Gasteiger partial charge in [-0.3, -0.25) is 0 Å². The third kappa shape index (κ3) is 3.27. The summed E-state index contributed by atoms with van der Waals surface area (Å²) >= 11 is 12.0. The summed E-state index contributed by atoms with van der Waals surface area (Å²) < 4.78 is 0. The zero-order valence-electron chi connectivity index (χ0n) is 6.53. The standard InChI is InChI=1S/C7H14Cl2Si/c1-10(2,9)4-3-6-5-7(6)8/h6-7H,3-5H2,1-2H3. The van der Waals surface area contributed by atoms with Crippen LogP contribution in [-0.2, 0) is 0 Å². The van der Waals surface area contributed by atoms with Crippen LogP contribution in [0.1, 0.15) is 12.8 Å². The number of rotatable bonds is 3. The predicted molar refractivity (Wildman–Crippen MR) is 50.5 cm³/mol. The zero-order chi connectivity index (χ0) is 7.78. The lowest BCUT2D eigenvalue weighted by Gasteiger charge is -2.10. The molecule has 0 N–H and O–H groups in total. The van der Waals surface area contributed by atoms with E-state index in [-0.39, 0.29) is 0 Å². The molecule has 1 rings (SSSR count). The molecule has 0 aromatic carbocycles. The van der Waals surface area contributed by atoms with Crippen LogP contribution in [0.15, 0.2) is 0 Å². The molecule has 0 heterocycles. The van der Waals surface area contributed by atoms with Crippen LogP contribution in [0.4, 0.5) is 0 Å². The average molecular weight is 197 g/mol. The Hall–Kier alpha value is 0.797. The van der Waals surface area contributed by atoms with Crippen molar-refractivity contribution >= 4 is 30.1 Å². The third-order valence-corrected chi connectivity index (χ3v) is 4.53. The van der Waals surface area contributed by atoms with Gasteiger partial charge in [0.25, 0.3) is 0 Å². The summed E-state index contributed by atoms with van der Waals surface area (Å²) in [7, 11) is -1.30. The monoisotopic (exact) mass is 196 g/mol. The van der Waals surface area contributed by atoms with Crippen molar-refractivity contribution < 1.29 is 0 Å². The van der Waals surface area contributed by atoms with Crippen LogP contribution < -0.4 is 0 Å². The molecule has 0 amide bonds. The van der Waals surface area contributed by atoms with Crippen molar-refractivity contribution in [3.05, 3.63) is 0 Å². The SMILES string of the molecule is C[Si](C)(Cl)CCC1CC1Cl. The predicted octanol–water partition coefficient (Wildman–Crippen LogP) is 3.45. The molecule has 0 nitrogen and oxygen atoms in total. The van der Waals surface area contributed by atoms with E-state index in [9.17, 15) is 0 Å². The lowest BCUT2D eigenvalue weighted by atomic mass is 10.3. The van der Waals surface area contributed by atoms with Crippen LogP contribution in [0, 0.1) is 5.92 Å². The molecule has 1 aliphatic rings. The van der Waals surface area contributed by atoms with E-state index in [0.717, 1.165) is 5.92 Å². The highest BCUT2D eigenvalue weighted by atomic mass is 35.6. The van der Waals surface area contributed by atoms with E-state index in [1.54, 1.807) is 0 Å². The Labute approximate surface area is 73.6 Å². The Kier molecular flexibility index (Phi) is 2.70. The van der Waals surface area contributed by atoms with Gasteiger partial charge in [0.15, 0.2) is 7.38 Å². The molecule has 0 bridgehead atoms. The molecule has 0 aromatic rings. The normalized spacial score (nSPS) is 32.4. The molecule has 0 aromatic heterocycles. The van der Waals surface area contributed by atoms with Crippen LogP contribution in [0.3, 0.4) is 0 Å². The summed E-state index contributed by atoms with van der Waals surface area (Å²) in [6, 6.07) is 1.22. The summed E-state index contributed by atoms with van der Waals surface area (Å²) in [5.74, 6) is 0.798. The summed E-state index contributed by atoms with van der Waals surface area (Å²) in [6.45, 7) is 4.39. The molecule has 2 atom stereocenters. The van der Waals surface area contributed by atoms with E-state index < -0.39 is 7.38 Å². The van der Waals surface area contributed by atoms with Crippen LogP contribution in [0.25, 0.3) is 0 Å². The minimum Gasteiger partial charge on any atom is -0.168 e. The zero-order valence-corrected chi connectivity index (χ0v) is 9.04. The number of alkyl halides is 1. The largest absolute Gasteiger partial charge is 0.168 e. The Bertz CT molecular complexity index is 119. The first-order valence-corrected chi connectivity index (χ1v) is 8.47. The maximum absolute atomic E-state index is 6.15. The van der Waals surface area contributed by atoms with Crippen LogP contribution >= 0.6 is 22.7 Å². The van der Waals surface area contributed by atoms with Crippen molar-refractivity contribution in [3.63, 3.8) is 0 Å². The summed E-state index contributed by atoms with van der Waals surface area (Å²) in [5.41, 5.74) is 0. The van der Waals surface area contributed by atoms with Crippen molar-refractivity contribution in [2.45, 2.75) is 37.4 Å². The lowest BCUT2D eigenvalue weighted by molar-refractivity contribution is 0.791. The third-order valence-electron chi connectivity index (χ3n) is 1.95. The Morgan fingerprint density at radius 2 is 2.00 bits per heavy atom. The van der Waals surface area contributed by atoms with Gasteiger partial charge in [0, 0.05) is 5.38 Å². The summed E-state index contributed by atoms with van der Waals surface area (Å²) in [5, 5.41) is 0.480. The van der Waals surface area contributed by atoms with E-state index >= 15 is 0 Å². The molecule has 1 aliphatic carbocycles. The second-order valence-electron chi connectivity index (χ2n) is 3.77. The van der Waals surface area contributed by atoms with Crippen LogP contribution in [-0.4, -0.2) is 12.8 Å². The van der Waals surface area contributed by atoms with Crippen LogP contribution in [0.5, 0.6) is 0 Å². The fraction of sp³-hybridized carbons (Fsp3) is 1.00. The molecule has 2 unspecified atom stereocenters. The fourth-order valence-corrected chi connectivity index (χ4v) is 2.78. The van der Waals surface area contributed by atoms with Gasteiger partial charge in [-0.1, -0.05) is 19.5 Å². The Balaban J connectivity index is 2.06. The van der Waals surface area contributed by atoms with Crippen molar-refractivity contribution in [1.29, 1.82) is 0 Å². The van der Waals surface area contributed by atoms with Gasteiger partial charge in [-0.25, -0.2) is 0 Å². The highest BCUT2D eigenvalue weighted by Crippen LogP contribution is 2.41. The first-order chi connectivity index (χ1) is 4.49. The maximum atomic E-state index is 6.15. The van der Waals surface area contributed by atoms with E-state index in [2.05, 4.69) is 13.1 Å². The van der Waals surface area contributed by atoms with Gasteiger partial charge in [-0.2, -0.15) is 11.1 Å². The molecule has 60 valence electrons. The van der Waals surface area contributed by atoms with E-state index in [1.165, 1.54) is 18.9 Å². The van der Waals surface area contributed by atoms with Crippen molar-refractivity contribution in [1.82, 2.24) is 0 Å². The summed E-state index contributed by atoms with van der Waals surface area (Å²) in [6.07, 6.45) is 2.49. The van der Waals surface area contributed by atoms with E-state index in [0.29, 0.717) is 5.38 Å². The van der Waals surface area contributed by atoms with Gasteiger partial charge in [0.1, 0.15) is 0 Å². The molecule has 1 saturated carbocycles. The molecule has 0 spiro atoms. The lowest BCUT2D eigenvalue weighted by Crippen LogP contribution is -2.15. The minimum atomic E-state index is -1.30. The molecule has 0 saturated heterocycles. The fourth-order valence-electron chi connectivity index (χ4n) is 1.04. The number of hydrogen-bond donors (Lipinski definition) is 0.